The molecular formula is C74H66O6. The summed E-state index contributed by atoms with van der Waals surface area (Å²) in [5, 5.41) is 0. The maximum absolute atomic E-state index is 6.08. The summed E-state index contributed by atoms with van der Waals surface area (Å²) in [6, 6.07) is 53.9. The molecule has 8 aliphatic carbocycles. The van der Waals surface area contributed by atoms with Gasteiger partial charge in [-0.05, 0) is 227 Å². The summed E-state index contributed by atoms with van der Waals surface area (Å²) in [6.07, 6.45) is 46.6. The number of hydrogen-bond acceptors (Lipinski definition) is 6. The van der Waals surface area contributed by atoms with Crippen LogP contribution in [0.2, 0.25) is 0 Å². The molecule has 8 fully saturated rings. The molecule has 6 aromatic carbocycles. The zero-order valence-corrected chi connectivity index (χ0v) is 45.5. The third kappa shape index (κ3) is 8.79. The zero-order valence-electron chi connectivity index (χ0n) is 45.5. The van der Waals surface area contributed by atoms with Gasteiger partial charge in [0.2, 0.25) is 0 Å². The molecule has 0 saturated heterocycles. The Morgan fingerprint density at radius 2 is 0.362 bits per heavy atom. The molecule has 0 amide bonds. The monoisotopic (exact) mass is 1050 g/mol. The normalized spacial score (nSPS) is 29.8. The van der Waals surface area contributed by atoms with E-state index in [0.29, 0.717) is 0 Å². The van der Waals surface area contributed by atoms with Crippen molar-refractivity contribution in [2.75, 3.05) is 39.6 Å². The lowest BCUT2D eigenvalue weighted by Crippen LogP contribution is -2.75. The summed E-state index contributed by atoms with van der Waals surface area (Å²) in [6.45, 7) is 1.24. The third-order valence-corrected chi connectivity index (χ3v) is 20.0. The molecule has 8 bridgehead atoms. The number of rotatable bonds is 19. The van der Waals surface area contributed by atoms with Crippen molar-refractivity contribution < 1.29 is 28.4 Å². The molecular weight excluding hydrogens is 985 g/mol. The Kier molecular flexibility index (Phi) is 13.2. The van der Waals surface area contributed by atoms with Gasteiger partial charge in [0.15, 0.2) is 0 Å². The van der Waals surface area contributed by atoms with Crippen LogP contribution in [-0.4, -0.2) is 39.6 Å². The minimum Gasteiger partial charge on any atom is -0.481 e. The molecule has 6 nitrogen and oxygen atoms in total. The Morgan fingerprint density at radius 1 is 0.225 bits per heavy atom. The van der Waals surface area contributed by atoms with Crippen molar-refractivity contribution in [2.24, 2.45) is 10.8 Å². The summed E-state index contributed by atoms with van der Waals surface area (Å²) < 4.78 is 36.5. The first-order valence-corrected chi connectivity index (χ1v) is 28.0. The first-order chi connectivity index (χ1) is 39.0. The Balaban J connectivity index is 1.12. The van der Waals surface area contributed by atoms with Gasteiger partial charge in [0.1, 0.15) is 74.1 Å². The van der Waals surface area contributed by atoms with Gasteiger partial charge in [0.05, 0.1) is 0 Å². The summed E-state index contributed by atoms with van der Waals surface area (Å²) >= 11 is 0. The van der Waals surface area contributed by atoms with E-state index < -0.39 is 0 Å². The fraction of sp³-hybridized carbons (Fsp3) is 0.351. The minimum atomic E-state index is -0.241. The van der Waals surface area contributed by atoms with E-state index in [1.54, 1.807) is 0 Å². The molecule has 6 heteroatoms. The quantitative estimate of drug-likeness (QED) is 0.0754. The molecule has 8 aliphatic rings. The lowest BCUT2D eigenvalue weighted by molar-refractivity contribution is -0.237. The minimum absolute atomic E-state index is 0.192. The summed E-state index contributed by atoms with van der Waals surface area (Å²) in [5.74, 6) is 20.6. The van der Waals surface area contributed by atoms with Crippen molar-refractivity contribution >= 4 is 0 Å². The van der Waals surface area contributed by atoms with Crippen molar-refractivity contribution in [3.8, 4) is 109 Å². The van der Waals surface area contributed by atoms with Crippen LogP contribution in [0.4, 0.5) is 0 Å². The molecule has 0 radical (unpaired) electrons. The van der Waals surface area contributed by atoms with Gasteiger partial charge in [-0.3, -0.25) is 0 Å². The molecule has 8 saturated carbocycles. The van der Waals surface area contributed by atoms with Gasteiger partial charge in [0, 0.05) is 0 Å². The number of terminal acetylenes is 6. The molecule has 0 aliphatic heterocycles. The van der Waals surface area contributed by atoms with E-state index in [4.69, 9.17) is 67.0 Å². The van der Waals surface area contributed by atoms with E-state index in [9.17, 15) is 0 Å². The fourth-order valence-corrected chi connectivity index (χ4v) is 18.4. The highest BCUT2D eigenvalue weighted by molar-refractivity contribution is 5.53. The van der Waals surface area contributed by atoms with Crippen LogP contribution < -0.4 is 28.4 Å². The van der Waals surface area contributed by atoms with Crippen LogP contribution in [0.15, 0.2) is 146 Å². The fourth-order valence-electron chi connectivity index (χ4n) is 18.4. The van der Waals surface area contributed by atoms with Crippen LogP contribution in [-0.2, 0) is 32.5 Å². The average Bonchev–Trinajstić information content (AvgIpc) is 2.90. The van der Waals surface area contributed by atoms with E-state index in [2.05, 4.69) is 181 Å². The molecule has 0 N–H and O–H groups in total. The standard InChI is InChI=1S/C74H66O6/c1-7-37-75-61-25-13-55(14-26-61)67-43-68(56-15-27-62(28-16-56)76-38-8-2)45-69(44-67,57-17-29-63(30-18-57)77-39-9-3)51-73(49-67,50-68)74-52-70(58-19-31-64(32-20-58)78-40-10-4)46-71(53-74,59-21-33-65(34-22-59)79-41-11-5)48-72(47-70,54-74)60-23-35-66(36-24-60)80-42-12-6/h1-6,13-36H,37-54H2. The Morgan fingerprint density at radius 3 is 0.487 bits per heavy atom. The molecule has 0 atom stereocenters. The molecule has 14 rings (SSSR count). The molecule has 0 spiro atoms. The van der Waals surface area contributed by atoms with E-state index >= 15 is 0 Å². The van der Waals surface area contributed by atoms with Crippen LogP contribution in [0.25, 0.3) is 0 Å². The number of hydrogen-bond donors (Lipinski definition) is 0. The van der Waals surface area contributed by atoms with E-state index in [1.165, 1.54) is 33.4 Å². The van der Waals surface area contributed by atoms with Crippen LogP contribution in [0.5, 0.6) is 34.5 Å². The summed E-state index contributed by atoms with van der Waals surface area (Å²) in [7, 11) is 0. The van der Waals surface area contributed by atoms with Crippen molar-refractivity contribution in [3.05, 3.63) is 179 Å². The SMILES string of the molecule is C#CCOc1ccc(C23CC4(c5ccc(OCC#C)cc5)CC(c5ccc(OCC#C)cc5)(C2)CC(C25CC6(c7ccc(OCC#C)cc7)CC(c7ccc(OCC#C)cc7)(CC(c7ccc(OCC#C)cc7)(C6)C2)C5)(C3)C4)cc1. The van der Waals surface area contributed by atoms with Crippen molar-refractivity contribution in [2.45, 2.75) is 110 Å². The maximum Gasteiger partial charge on any atom is 0.148 e. The van der Waals surface area contributed by atoms with Crippen molar-refractivity contribution in [1.29, 1.82) is 0 Å². The van der Waals surface area contributed by atoms with Crippen LogP contribution in [0, 0.1) is 84.9 Å². The van der Waals surface area contributed by atoms with E-state index in [0.717, 1.165) is 112 Å². The molecule has 0 aromatic heterocycles. The lowest BCUT2D eigenvalue weighted by atomic mass is 9.23. The molecule has 6 aromatic rings. The van der Waals surface area contributed by atoms with Crippen LogP contribution in [0.3, 0.4) is 0 Å². The number of ether oxygens (including phenoxy) is 6. The molecule has 80 heavy (non-hydrogen) atoms. The van der Waals surface area contributed by atoms with Crippen LogP contribution in [0.1, 0.15) is 110 Å². The lowest BCUT2D eigenvalue weighted by Gasteiger charge is -2.81. The maximum atomic E-state index is 6.08. The molecule has 398 valence electrons. The molecule has 0 unspecified atom stereocenters. The van der Waals surface area contributed by atoms with Gasteiger partial charge >= 0.3 is 0 Å². The van der Waals surface area contributed by atoms with Gasteiger partial charge in [-0.25, -0.2) is 0 Å². The van der Waals surface area contributed by atoms with Crippen molar-refractivity contribution in [3.63, 3.8) is 0 Å². The Bertz CT molecular complexity index is 2900. The van der Waals surface area contributed by atoms with E-state index in [-0.39, 0.29) is 83.0 Å². The Hall–Kier alpha value is -8.52. The van der Waals surface area contributed by atoms with E-state index in [1.807, 2.05) is 0 Å². The second kappa shape index (κ2) is 20.3. The van der Waals surface area contributed by atoms with Gasteiger partial charge in [-0.2, -0.15) is 0 Å². The van der Waals surface area contributed by atoms with Crippen molar-refractivity contribution in [1.82, 2.24) is 0 Å². The Labute approximate surface area is 473 Å². The van der Waals surface area contributed by atoms with Gasteiger partial charge in [-0.15, -0.1) is 38.5 Å². The average molecular weight is 1050 g/mol. The predicted molar refractivity (Wildman–Crippen MR) is 315 cm³/mol. The first-order valence-electron chi connectivity index (χ1n) is 28.0. The van der Waals surface area contributed by atoms with Crippen LogP contribution >= 0.6 is 0 Å². The van der Waals surface area contributed by atoms with Gasteiger partial charge in [-0.1, -0.05) is 108 Å². The number of benzene rings is 6. The first kappa shape index (κ1) is 52.2. The second-order valence-corrected chi connectivity index (χ2v) is 24.5. The van der Waals surface area contributed by atoms with Gasteiger partial charge in [0.25, 0.3) is 0 Å². The topological polar surface area (TPSA) is 55.4 Å². The zero-order chi connectivity index (χ0) is 55.1. The third-order valence-electron chi connectivity index (χ3n) is 20.0. The summed E-state index contributed by atoms with van der Waals surface area (Å²) in [4.78, 5) is 0. The van der Waals surface area contributed by atoms with Gasteiger partial charge < -0.3 is 28.4 Å². The highest BCUT2D eigenvalue weighted by Gasteiger charge is 2.79. The highest BCUT2D eigenvalue weighted by atomic mass is 16.5. The second-order valence-electron chi connectivity index (χ2n) is 24.5. The highest BCUT2D eigenvalue weighted by Crippen LogP contribution is 2.86. The smallest absolute Gasteiger partial charge is 0.148 e. The summed E-state index contributed by atoms with van der Waals surface area (Å²) in [5.41, 5.74) is 6.27. The largest absolute Gasteiger partial charge is 0.481 e. The predicted octanol–water partition coefficient (Wildman–Crippen LogP) is 13.4. The molecule has 0 heterocycles.